The minimum atomic E-state index is -0.903. The number of amides is 2. The van der Waals surface area contributed by atoms with Gasteiger partial charge in [0.05, 0.1) is 12.6 Å². The van der Waals surface area contributed by atoms with Crippen molar-refractivity contribution in [1.29, 1.82) is 0 Å². The van der Waals surface area contributed by atoms with E-state index in [9.17, 15) is 14.4 Å². The molecular formula is C13H24N2O5. The highest BCUT2D eigenvalue weighted by atomic mass is 16.6. The van der Waals surface area contributed by atoms with Crippen molar-refractivity contribution >= 4 is 18.0 Å². The molecule has 0 aromatic rings. The fourth-order valence-corrected chi connectivity index (χ4v) is 1.26. The minimum absolute atomic E-state index is 0.162. The summed E-state index contributed by atoms with van der Waals surface area (Å²) in [6.45, 7) is 7.99. The van der Waals surface area contributed by atoms with Gasteiger partial charge in [-0.2, -0.15) is 0 Å². The Kier molecular flexibility index (Phi) is 7.20. The molecule has 7 heteroatoms. The lowest BCUT2D eigenvalue weighted by Gasteiger charge is -2.27. The van der Waals surface area contributed by atoms with Crippen molar-refractivity contribution in [2.24, 2.45) is 5.73 Å². The average Bonchev–Trinajstić information content (AvgIpc) is 2.32. The molecule has 0 aliphatic rings. The second-order valence-corrected chi connectivity index (χ2v) is 5.22. The van der Waals surface area contributed by atoms with E-state index in [0.29, 0.717) is 11.3 Å². The topological polar surface area (TPSA) is 98.9 Å². The largest absolute Gasteiger partial charge is 0.465 e. The standard InChI is InChI=1S/C13H24N2O5/c1-6-9(14)11(17)15(8-10(16)19-7-2)12(18)20-13(3,4)5/h9H,6-8,14H2,1-5H3/t9-/m0/s1. The highest BCUT2D eigenvalue weighted by Crippen LogP contribution is 2.11. The van der Waals surface area contributed by atoms with Crippen LogP contribution in [0.5, 0.6) is 0 Å². The highest BCUT2D eigenvalue weighted by Gasteiger charge is 2.31. The minimum Gasteiger partial charge on any atom is -0.465 e. The summed E-state index contributed by atoms with van der Waals surface area (Å²) >= 11 is 0. The Labute approximate surface area is 119 Å². The number of nitrogens with two attached hydrogens (primary N) is 1. The first-order valence-corrected chi connectivity index (χ1v) is 6.57. The first-order chi connectivity index (χ1) is 9.12. The molecule has 2 N–H and O–H groups in total. The van der Waals surface area contributed by atoms with Crippen LogP contribution >= 0.6 is 0 Å². The number of esters is 1. The molecule has 0 spiro atoms. The first kappa shape index (κ1) is 18.4. The Hall–Kier alpha value is -1.63. The molecule has 0 aliphatic heterocycles. The summed E-state index contributed by atoms with van der Waals surface area (Å²) in [6, 6.07) is -0.864. The van der Waals surface area contributed by atoms with Gasteiger partial charge < -0.3 is 15.2 Å². The van der Waals surface area contributed by atoms with Gasteiger partial charge in [-0.05, 0) is 34.1 Å². The summed E-state index contributed by atoms with van der Waals surface area (Å²) in [5.41, 5.74) is 4.84. The molecule has 20 heavy (non-hydrogen) atoms. The molecule has 0 saturated heterocycles. The number of ether oxygens (including phenoxy) is 2. The van der Waals surface area contributed by atoms with Crippen LogP contribution in [0.4, 0.5) is 4.79 Å². The summed E-state index contributed by atoms with van der Waals surface area (Å²) < 4.78 is 9.83. The van der Waals surface area contributed by atoms with Crippen LogP contribution in [0.3, 0.4) is 0 Å². The SMILES string of the molecule is CCOC(=O)CN(C(=O)OC(C)(C)C)C(=O)[C@@H](N)CC. The maximum absolute atomic E-state index is 12.0. The van der Waals surface area contributed by atoms with Crippen molar-refractivity contribution < 1.29 is 23.9 Å². The Balaban J connectivity index is 5.01. The molecule has 0 aliphatic carbocycles. The summed E-state index contributed by atoms with van der Waals surface area (Å²) in [4.78, 5) is 36.2. The van der Waals surface area contributed by atoms with Gasteiger partial charge in [0.1, 0.15) is 12.1 Å². The Bertz CT molecular complexity index is 362. The smallest absolute Gasteiger partial charge is 0.417 e. The van der Waals surface area contributed by atoms with Crippen LogP contribution in [-0.2, 0) is 19.1 Å². The van der Waals surface area contributed by atoms with Gasteiger partial charge in [-0.25, -0.2) is 9.69 Å². The van der Waals surface area contributed by atoms with Gasteiger partial charge in [-0.1, -0.05) is 6.92 Å². The van der Waals surface area contributed by atoms with Gasteiger partial charge in [0.15, 0.2) is 0 Å². The zero-order valence-corrected chi connectivity index (χ0v) is 12.8. The normalized spacial score (nSPS) is 12.5. The van der Waals surface area contributed by atoms with Gasteiger partial charge in [0, 0.05) is 0 Å². The molecule has 0 fully saturated rings. The molecule has 116 valence electrons. The van der Waals surface area contributed by atoms with Crippen molar-refractivity contribution in [1.82, 2.24) is 4.90 Å². The fourth-order valence-electron chi connectivity index (χ4n) is 1.26. The van der Waals surface area contributed by atoms with Crippen molar-refractivity contribution in [3.8, 4) is 0 Å². The predicted molar refractivity (Wildman–Crippen MR) is 72.8 cm³/mol. The number of carbonyl (C=O) groups is 3. The van der Waals surface area contributed by atoms with E-state index in [1.165, 1.54) is 0 Å². The van der Waals surface area contributed by atoms with E-state index in [4.69, 9.17) is 15.2 Å². The molecule has 1 atom stereocenters. The molecule has 2 amide bonds. The number of rotatable bonds is 5. The molecule has 0 aromatic carbocycles. The van der Waals surface area contributed by atoms with Gasteiger partial charge in [0.2, 0.25) is 5.91 Å². The van der Waals surface area contributed by atoms with Crippen LogP contribution in [0.15, 0.2) is 0 Å². The lowest BCUT2D eigenvalue weighted by Crippen LogP contribution is -2.50. The molecule has 0 radical (unpaired) electrons. The molecule has 0 bridgehead atoms. The quantitative estimate of drug-likeness (QED) is 0.759. The number of hydrogen-bond acceptors (Lipinski definition) is 6. The Morgan fingerprint density at radius 3 is 2.15 bits per heavy atom. The van der Waals surface area contributed by atoms with Crippen molar-refractivity contribution in [3.63, 3.8) is 0 Å². The molecule has 0 aromatic heterocycles. The summed E-state index contributed by atoms with van der Waals surface area (Å²) in [6.07, 6.45) is -0.555. The van der Waals surface area contributed by atoms with E-state index in [-0.39, 0.29) is 6.61 Å². The van der Waals surface area contributed by atoms with E-state index >= 15 is 0 Å². The third kappa shape index (κ3) is 6.51. The molecule has 7 nitrogen and oxygen atoms in total. The van der Waals surface area contributed by atoms with Crippen LogP contribution in [0.25, 0.3) is 0 Å². The number of carbonyl (C=O) groups excluding carboxylic acids is 3. The lowest BCUT2D eigenvalue weighted by molar-refractivity contribution is -0.148. The van der Waals surface area contributed by atoms with E-state index in [2.05, 4.69) is 0 Å². The van der Waals surface area contributed by atoms with E-state index in [1.54, 1.807) is 34.6 Å². The van der Waals surface area contributed by atoms with Crippen molar-refractivity contribution in [2.45, 2.75) is 52.7 Å². The predicted octanol–water partition coefficient (Wildman–Crippen LogP) is 1.05. The van der Waals surface area contributed by atoms with Crippen LogP contribution in [-0.4, -0.2) is 47.7 Å². The zero-order valence-electron chi connectivity index (χ0n) is 12.8. The maximum Gasteiger partial charge on any atom is 0.417 e. The maximum atomic E-state index is 12.0. The number of imide groups is 1. The van der Waals surface area contributed by atoms with Crippen LogP contribution in [0.2, 0.25) is 0 Å². The third-order valence-corrected chi connectivity index (χ3v) is 2.23. The van der Waals surface area contributed by atoms with Crippen LogP contribution in [0, 0.1) is 0 Å². The highest BCUT2D eigenvalue weighted by molar-refractivity contribution is 5.97. The van der Waals surface area contributed by atoms with Crippen molar-refractivity contribution in [2.75, 3.05) is 13.2 Å². The van der Waals surface area contributed by atoms with Gasteiger partial charge in [-0.15, -0.1) is 0 Å². The Morgan fingerprint density at radius 1 is 1.20 bits per heavy atom. The number of hydrogen-bond donors (Lipinski definition) is 1. The third-order valence-electron chi connectivity index (χ3n) is 2.23. The van der Waals surface area contributed by atoms with Crippen LogP contribution in [0.1, 0.15) is 41.0 Å². The summed E-state index contributed by atoms with van der Waals surface area (Å²) in [7, 11) is 0. The van der Waals surface area contributed by atoms with Crippen LogP contribution < -0.4 is 5.73 Å². The number of nitrogens with zero attached hydrogens (tertiary/aromatic N) is 1. The van der Waals surface area contributed by atoms with Gasteiger partial charge in [0.25, 0.3) is 0 Å². The van der Waals surface area contributed by atoms with Gasteiger partial charge >= 0.3 is 12.1 Å². The first-order valence-electron chi connectivity index (χ1n) is 6.57. The van der Waals surface area contributed by atoms with Crippen molar-refractivity contribution in [3.05, 3.63) is 0 Å². The monoisotopic (exact) mass is 288 g/mol. The molecule has 0 saturated carbocycles. The Morgan fingerprint density at radius 2 is 1.75 bits per heavy atom. The second kappa shape index (κ2) is 7.84. The zero-order chi connectivity index (χ0) is 15.9. The van der Waals surface area contributed by atoms with E-state index in [1.807, 2.05) is 0 Å². The molecule has 0 heterocycles. The molecule has 0 rings (SSSR count). The fraction of sp³-hybridized carbons (Fsp3) is 0.769. The molecular weight excluding hydrogens is 264 g/mol. The van der Waals surface area contributed by atoms with E-state index in [0.717, 1.165) is 0 Å². The summed E-state index contributed by atoms with van der Waals surface area (Å²) in [5, 5.41) is 0. The average molecular weight is 288 g/mol. The van der Waals surface area contributed by atoms with E-state index < -0.39 is 36.2 Å². The lowest BCUT2D eigenvalue weighted by atomic mass is 10.2. The summed E-state index contributed by atoms with van der Waals surface area (Å²) in [5.74, 6) is -1.34. The molecule has 0 unspecified atom stereocenters. The second-order valence-electron chi connectivity index (χ2n) is 5.22. The van der Waals surface area contributed by atoms with Gasteiger partial charge in [-0.3, -0.25) is 9.59 Å².